The van der Waals surface area contributed by atoms with Gasteiger partial charge in [0, 0.05) is 12.6 Å². The lowest BCUT2D eigenvalue weighted by molar-refractivity contribution is 1.26. The van der Waals surface area contributed by atoms with E-state index in [1.165, 1.54) is 16.7 Å². The molecular formula is C12H15N3. The molecule has 0 amide bonds. The first-order chi connectivity index (χ1) is 7.20. The maximum atomic E-state index is 4.22. The predicted octanol–water partition coefficient (Wildman–Crippen LogP) is 2.74. The van der Waals surface area contributed by atoms with Crippen molar-refractivity contribution in [1.29, 1.82) is 0 Å². The Labute approximate surface area is 89.6 Å². The third kappa shape index (κ3) is 1.86. The van der Waals surface area contributed by atoms with Crippen molar-refractivity contribution in [3.05, 3.63) is 35.5 Å². The van der Waals surface area contributed by atoms with Crippen molar-refractivity contribution >= 4 is 5.95 Å². The van der Waals surface area contributed by atoms with E-state index < -0.39 is 0 Å². The quantitative estimate of drug-likeness (QED) is 0.784. The SMILES string of the molecule is CNc1ncc(-c2cc(C)ccc2C)[nH]1. The number of aromatic nitrogens is 2. The molecule has 3 heteroatoms. The maximum absolute atomic E-state index is 4.22. The fourth-order valence-corrected chi connectivity index (χ4v) is 1.61. The van der Waals surface area contributed by atoms with Crippen molar-refractivity contribution in [3.63, 3.8) is 0 Å². The first kappa shape index (κ1) is 9.77. The van der Waals surface area contributed by atoms with Gasteiger partial charge < -0.3 is 10.3 Å². The molecule has 0 aliphatic heterocycles. The highest BCUT2D eigenvalue weighted by Crippen LogP contribution is 2.23. The Morgan fingerprint density at radius 3 is 2.73 bits per heavy atom. The third-order valence-corrected chi connectivity index (χ3v) is 2.50. The molecule has 2 N–H and O–H groups in total. The molecular weight excluding hydrogens is 186 g/mol. The molecule has 0 unspecified atom stereocenters. The Morgan fingerprint density at radius 2 is 2.07 bits per heavy atom. The molecule has 0 saturated carbocycles. The van der Waals surface area contributed by atoms with Crippen LogP contribution in [0.1, 0.15) is 11.1 Å². The molecule has 1 heterocycles. The zero-order chi connectivity index (χ0) is 10.8. The Kier molecular flexibility index (Phi) is 2.46. The van der Waals surface area contributed by atoms with Gasteiger partial charge in [0.25, 0.3) is 0 Å². The Balaban J connectivity index is 2.48. The lowest BCUT2D eigenvalue weighted by Crippen LogP contribution is -1.89. The van der Waals surface area contributed by atoms with E-state index in [0.29, 0.717) is 0 Å². The summed E-state index contributed by atoms with van der Waals surface area (Å²) in [7, 11) is 1.85. The number of aromatic amines is 1. The average molecular weight is 201 g/mol. The number of aryl methyl sites for hydroxylation is 2. The molecule has 2 aromatic rings. The Morgan fingerprint density at radius 1 is 1.27 bits per heavy atom. The van der Waals surface area contributed by atoms with Gasteiger partial charge in [0.2, 0.25) is 0 Å². The second-order valence-corrected chi connectivity index (χ2v) is 3.71. The summed E-state index contributed by atoms with van der Waals surface area (Å²) in [5, 5.41) is 2.98. The van der Waals surface area contributed by atoms with Crippen LogP contribution < -0.4 is 5.32 Å². The number of imidazole rings is 1. The molecule has 0 saturated heterocycles. The minimum atomic E-state index is 0.797. The molecule has 1 aromatic heterocycles. The van der Waals surface area contributed by atoms with E-state index in [0.717, 1.165) is 11.6 Å². The number of hydrogen-bond acceptors (Lipinski definition) is 2. The van der Waals surface area contributed by atoms with Gasteiger partial charge in [-0.05, 0) is 25.5 Å². The third-order valence-electron chi connectivity index (χ3n) is 2.50. The molecule has 0 aliphatic carbocycles. The Bertz CT molecular complexity index is 471. The van der Waals surface area contributed by atoms with Gasteiger partial charge in [-0.25, -0.2) is 4.98 Å². The fraction of sp³-hybridized carbons (Fsp3) is 0.250. The summed E-state index contributed by atoms with van der Waals surface area (Å²) in [6, 6.07) is 6.42. The lowest BCUT2D eigenvalue weighted by atomic mass is 10.0. The van der Waals surface area contributed by atoms with Crippen molar-refractivity contribution in [2.24, 2.45) is 0 Å². The van der Waals surface area contributed by atoms with Crippen LogP contribution in [0.3, 0.4) is 0 Å². The summed E-state index contributed by atoms with van der Waals surface area (Å²) in [5.74, 6) is 0.797. The standard InChI is InChI=1S/C12H15N3/c1-8-4-5-9(2)10(6-8)11-7-14-12(13-3)15-11/h4-7H,1-3H3,(H2,13,14,15). The summed E-state index contributed by atoms with van der Waals surface area (Å²) >= 11 is 0. The van der Waals surface area contributed by atoms with E-state index in [1.807, 2.05) is 13.2 Å². The Hall–Kier alpha value is -1.77. The van der Waals surface area contributed by atoms with Crippen molar-refractivity contribution in [2.75, 3.05) is 12.4 Å². The highest BCUT2D eigenvalue weighted by atomic mass is 15.1. The highest BCUT2D eigenvalue weighted by molar-refractivity contribution is 5.65. The lowest BCUT2D eigenvalue weighted by Gasteiger charge is -2.04. The van der Waals surface area contributed by atoms with Crippen molar-refractivity contribution in [3.8, 4) is 11.3 Å². The van der Waals surface area contributed by atoms with Gasteiger partial charge in [-0.15, -0.1) is 0 Å². The van der Waals surface area contributed by atoms with Crippen LogP contribution in [0.15, 0.2) is 24.4 Å². The van der Waals surface area contributed by atoms with E-state index >= 15 is 0 Å². The van der Waals surface area contributed by atoms with Gasteiger partial charge in [-0.2, -0.15) is 0 Å². The van der Waals surface area contributed by atoms with Crippen LogP contribution in [0, 0.1) is 13.8 Å². The van der Waals surface area contributed by atoms with Gasteiger partial charge in [-0.3, -0.25) is 0 Å². The van der Waals surface area contributed by atoms with Crippen molar-refractivity contribution < 1.29 is 0 Å². The molecule has 2 rings (SSSR count). The first-order valence-corrected chi connectivity index (χ1v) is 5.01. The number of hydrogen-bond donors (Lipinski definition) is 2. The summed E-state index contributed by atoms with van der Waals surface area (Å²) in [4.78, 5) is 7.44. The van der Waals surface area contributed by atoms with Gasteiger partial charge in [0.05, 0.1) is 11.9 Å². The van der Waals surface area contributed by atoms with E-state index in [9.17, 15) is 0 Å². The number of nitrogens with one attached hydrogen (secondary N) is 2. The van der Waals surface area contributed by atoms with Gasteiger partial charge >= 0.3 is 0 Å². The fourth-order valence-electron chi connectivity index (χ4n) is 1.61. The maximum Gasteiger partial charge on any atom is 0.200 e. The predicted molar refractivity (Wildman–Crippen MR) is 63.0 cm³/mol. The highest BCUT2D eigenvalue weighted by Gasteiger charge is 2.05. The van der Waals surface area contributed by atoms with Crippen LogP contribution in [0.5, 0.6) is 0 Å². The molecule has 15 heavy (non-hydrogen) atoms. The van der Waals surface area contributed by atoms with Crippen LogP contribution in [0.2, 0.25) is 0 Å². The molecule has 0 aliphatic rings. The molecule has 0 bridgehead atoms. The minimum absolute atomic E-state index is 0.797. The molecule has 3 nitrogen and oxygen atoms in total. The molecule has 0 radical (unpaired) electrons. The molecule has 1 aromatic carbocycles. The van der Waals surface area contributed by atoms with Crippen LogP contribution in [-0.4, -0.2) is 17.0 Å². The number of anilines is 1. The first-order valence-electron chi connectivity index (χ1n) is 5.01. The van der Waals surface area contributed by atoms with Gasteiger partial charge in [-0.1, -0.05) is 17.7 Å². The van der Waals surface area contributed by atoms with E-state index in [4.69, 9.17) is 0 Å². The summed E-state index contributed by atoms with van der Waals surface area (Å²) < 4.78 is 0. The largest absolute Gasteiger partial charge is 0.359 e. The second-order valence-electron chi connectivity index (χ2n) is 3.71. The van der Waals surface area contributed by atoms with E-state index in [-0.39, 0.29) is 0 Å². The minimum Gasteiger partial charge on any atom is -0.359 e. The average Bonchev–Trinajstić information content (AvgIpc) is 2.70. The monoisotopic (exact) mass is 201 g/mol. The van der Waals surface area contributed by atoms with E-state index in [2.05, 4.69) is 47.3 Å². The van der Waals surface area contributed by atoms with Crippen LogP contribution >= 0.6 is 0 Å². The van der Waals surface area contributed by atoms with Crippen molar-refractivity contribution in [2.45, 2.75) is 13.8 Å². The summed E-state index contributed by atoms with van der Waals surface area (Å²) in [6.07, 6.45) is 1.85. The summed E-state index contributed by atoms with van der Waals surface area (Å²) in [6.45, 7) is 4.20. The normalized spacial score (nSPS) is 10.3. The van der Waals surface area contributed by atoms with Crippen LogP contribution in [0.25, 0.3) is 11.3 Å². The summed E-state index contributed by atoms with van der Waals surface area (Å²) in [5.41, 5.74) is 4.78. The zero-order valence-corrected chi connectivity index (χ0v) is 9.26. The number of H-pyrrole nitrogens is 1. The van der Waals surface area contributed by atoms with Gasteiger partial charge in [0.15, 0.2) is 5.95 Å². The molecule has 0 fully saturated rings. The van der Waals surface area contributed by atoms with Crippen LogP contribution in [0.4, 0.5) is 5.95 Å². The number of nitrogens with zero attached hydrogens (tertiary/aromatic N) is 1. The molecule has 78 valence electrons. The van der Waals surface area contributed by atoms with Crippen LogP contribution in [-0.2, 0) is 0 Å². The topological polar surface area (TPSA) is 40.7 Å². The molecule has 0 atom stereocenters. The molecule has 0 spiro atoms. The zero-order valence-electron chi connectivity index (χ0n) is 9.26. The number of benzene rings is 1. The van der Waals surface area contributed by atoms with E-state index in [1.54, 1.807) is 0 Å². The number of rotatable bonds is 2. The second kappa shape index (κ2) is 3.77. The van der Waals surface area contributed by atoms with Crippen molar-refractivity contribution in [1.82, 2.24) is 9.97 Å². The van der Waals surface area contributed by atoms with Gasteiger partial charge in [0.1, 0.15) is 0 Å². The smallest absolute Gasteiger partial charge is 0.200 e.